The van der Waals surface area contributed by atoms with Gasteiger partial charge in [-0.15, -0.1) is 0 Å². The molecule has 0 aliphatic heterocycles. The van der Waals surface area contributed by atoms with Gasteiger partial charge in [0.1, 0.15) is 6.61 Å². The first-order chi connectivity index (χ1) is 6.54. The molecule has 0 amide bonds. The highest BCUT2D eigenvalue weighted by Crippen LogP contribution is 2.28. The van der Waals surface area contributed by atoms with E-state index in [1.165, 1.54) is 0 Å². The topological polar surface area (TPSA) is 39.2 Å². The Morgan fingerprint density at radius 3 is 2.79 bits per heavy atom. The van der Waals surface area contributed by atoms with Crippen LogP contribution in [0.2, 0.25) is 0 Å². The van der Waals surface area contributed by atoms with Crippen LogP contribution in [-0.2, 0) is 22.3 Å². The lowest BCUT2D eigenvalue weighted by Crippen LogP contribution is -2.06. The summed E-state index contributed by atoms with van der Waals surface area (Å²) in [5.41, 5.74) is -0.746. The molecule has 0 saturated carbocycles. The monoisotopic (exact) mass is 205 g/mol. The zero-order chi connectivity index (χ0) is 10.6. The van der Waals surface area contributed by atoms with Crippen molar-refractivity contribution in [3.63, 3.8) is 0 Å². The first-order valence-corrected chi connectivity index (χ1v) is 3.61. The van der Waals surface area contributed by atoms with Crippen molar-refractivity contribution in [3.8, 4) is 0 Å². The van der Waals surface area contributed by atoms with E-state index in [9.17, 15) is 18.0 Å². The summed E-state index contributed by atoms with van der Waals surface area (Å²) in [7, 11) is 0. The number of carbonyl (C=O) groups excluding carboxylic acids is 1. The maximum Gasteiger partial charge on any atom is 0.416 e. The minimum atomic E-state index is -4.40. The molecule has 6 heteroatoms. The number of ether oxygens (including phenoxy) is 1. The summed E-state index contributed by atoms with van der Waals surface area (Å²) in [5.74, 6) is 0. The Balaban J connectivity index is 2.84. The van der Waals surface area contributed by atoms with Gasteiger partial charge in [0.15, 0.2) is 0 Å². The van der Waals surface area contributed by atoms with Crippen LogP contribution in [0.1, 0.15) is 11.3 Å². The number of hydrogen-bond acceptors (Lipinski definition) is 3. The molecule has 0 aliphatic rings. The highest BCUT2D eigenvalue weighted by atomic mass is 19.4. The Morgan fingerprint density at radius 1 is 1.50 bits per heavy atom. The van der Waals surface area contributed by atoms with E-state index in [0.29, 0.717) is 0 Å². The maximum atomic E-state index is 12.2. The molecule has 0 saturated heterocycles. The lowest BCUT2D eigenvalue weighted by molar-refractivity contribution is -0.137. The van der Waals surface area contributed by atoms with Gasteiger partial charge in [0.25, 0.3) is 6.47 Å². The van der Waals surface area contributed by atoms with E-state index in [0.717, 1.165) is 18.3 Å². The molecule has 76 valence electrons. The number of aromatic nitrogens is 1. The van der Waals surface area contributed by atoms with E-state index < -0.39 is 11.7 Å². The Bertz CT molecular complexity index is 325. The fourth-order valence-electron chi connectivity index (χ4n) is 0.853. The van der Waals surface area contributed by atoms with Crippen molar-refractivity contribution in [2.45, 2.75) is 12.8 Å². The lowest BCUT2D eigenvalue weighted by atomic mass is 10.2. The lowest BCUT2D eigenvalue weighted by Gasteiger charge is -2.07. The average molecular weight is 205 g/mol. The van der Waals surface area contributed by atoms with Gasteiger partial charge in [0.2, 0.25) is 0 Å². The molecule has 0 aromatic carbocycles. The van der Waals surface area contributed by atoms with Crippen molar-refractivity contribution in [3.05, 3.63) is 29.6 Å². The predicted molar refractivity (Wildman–Crippen MR) is 40.1 cm³/mol. The molecule has 1 aromatic heterocycles. The molecular weight excluding hydrogens is 199 g/mol. The normalized spacial score (nSPS) is 11.1. The molecule has 0 atom stereocenters. The first kappa shape index (κ1) is 10.5. The number of nitrogens with zero attached hydrogens (tertiary/aromatic N) is 1. The van der Waals surface area contributed by atoms with Crippen LogP contribution in [-0.4, -0.2) is 11.5 Å². The highest BCUT2D eigenvalue weighted by molar-refractivity contribution is 5.37. The third kappa shape index (κ3) is 2.72. The van der Waals surface area contributed by atoms with E-state index in [-0.39, 0.29) is 18.8 Å². The molecule has 0 fully saturated rings. The van der Waals surface area contributed by atoms with E-state index in [1.807, 2.05) is 0 Å². The third-order valence-corrected chi connectivity index (χ3v) is 1.44. The average Bonchev–Trinajstić information content (AvgIpc) is 2.14. The second-order valence-corrected chi connectivity index (χ2v) is 2.44. The fraction of sp³-hybridized carbons (Fsp3) is 0.250. The second kappa shape index (κ2) is 4.08. The van der Waals surface area contributed by atoms with Crippen molar-refractivity contribution in [2.75, 3.05) is 0 Å². The van der Waals surface area contributed by atoms with Crippen molar-refractivity contribution >= 4 is 6.47 Å². The van der Waals surface area contributed by atoms with Gasteiger partial charge in [-0.25, -0.2) is 0 Å². The smallest absolute Gasteiger partial charge is 0.416 e. The van der Waals surface area contributed by atoms with Gasteiger partial charge in [0.05, 0.1) is 11.3 Å². The van der Waals surface area contributed by atoms with Crippen LogP contribution in [0.25, 0.3) is 0 Å². The van der Waals surface area contributed by atoms with Gasteiger partial charge < -0.3 is 4.74 Å². The van der Waals surface area contributed by atoms with Crippen molar-refractivity contribution in [1.29, 1.82) is 0 Å². The molecule has 0 bridgehead atoms. The zero-order valence-electron chi connectivity index (χ0n) is 6.91. The Hall–Kier alpha value is -1.59. The van der Waals surface area contributed by atoms with Crippen LogP contribution >= 0.6 is 0 Å². The summed E-state index contributed by atoms with van der Waals surface area (Å²) in [6.07, 6.45) is -3.38. The molecular formula is C8H6F3NO2. The van der Waals surface area contributed by atoms with Crippen LogP contribution in [0.15, 0.2) is 18.3 Å². The van der Waals surface area contributed by atoms with Gasteiger partial charge >= 0.3 is 6.18 Å². The van der Waals surface area contributed by atoms with Crippen LogP contribution in [0.3, 0.4) is 0 Å². The van der Waals surface area contributed by atoms with Gasteiger partial charge in [-0.3, -0.25) is 9.78 Å². The molecule has 0 aliphatic carbocycles. The number of hydrogen-bond donors (Lipinski definition) is 0. The van der Waals surface area contributed by atoms with Crippen molar-refractivity contribution in [2.24, 2.45) is 0 Å². The highest BCUT2D eigenvalue weighted by Gasteiger charge is 2.30. The number of alkyl halides is 3. The third-order valence-electron chi connectivity index (χ3n) is 1.44. The Kier molecular flexibility index (Phi) is 3.06. The molecule has 1 heterocycles. The molecule has 0 radical (unpaired) electrons. The van der Waals surface area contributed by atoms with Crippen LogP contribution in [0.4, 0.5) is 13.2 Å². The van der Waals surface area contributed by atoms with E-state index in [2.05, 4.69) is 9.72 Å². The largest absolute Gasteiger partial charge is 0.461 e. The first-order valence-electron chi connectivity index (χ1n) is 3.61. The predicted octanol–water partition coefficient (Wildman–Crippen LogP) is 1.77. The standard InChI is InChI=1S/C8H6F3NO2/c9-8(10,11)6-1-2-12-7(3-6)4-14-5-13/h1-3,5H,4H2. The summed E-state index contributed by atoms with van der Waals surface area (Å²) >= 11 is 0. The summed E-state index contributed by atoms with van der Waals surface area (Å²) in [5, 5.41) is 0. The maximum absolute atomic E-state index is 12.2. The van der Waals surface area contributed by atoms with E-state index in [4.69, 9.17) is 0 Å². The van der Waals surface area contributed by atoms with Gasteiger partial charge in [-0.2, -0.15) is 13.2 Å². The fourth-order valence-corrected chi connectivity index (χ4v) is 0.853. The molecule has 0 spiro atoms. The number of rotatable bonds is 3. The Labute approximate surface area is 77.5 Å². The van der Waals surface area contributed by atoms with Crippen LogP contribution in [0, 0.1) is 0 Å². The minimum absolute atomic E-state index is 0.0620. The van der Waals surface area contributed by atoms with E-state index >= 15 is 0 Å². The molecule has 14 heavy (non-hydrogen) atoms. The van der Waals surface area contributed by atoms with Crippen LogP contribution < -0.4 is 0 Å². The summed E-state index contributed by atoms with van der Waals surface area (Å²) in [4.78, 5) is 13.4. The zero-order valence-corrected chi connectivity index (χ0v) is 6.91. The molecule has 3 nitrogen and oxygen atoms in total. The summed E-state index contributed by atoms with van der Waals surface area (Å²) in [6, 6.07) is 1.69. The minimum Gasteiger partial charge on any atom is -0.461 e. The SMILES string of the molecule is O=COCc1cc(C(F)(F)F)ccn1. The van der Waals surface area contributed by atoms with E-state index in [1.54, 1.807) is 0 Å². The second-order valence-electron chi connectivity index (χ2n) is 2.44. The molecule has 1 aromatic rings. The summed E-state index contributed by atoms with van der Waals surface area (Å²) in [6.45, 7) is -0.102. The molecule has 0 N–H and O–H groups in total. The van der Waals surface area contributed by atoms with Gasteiger partial charge in [0, 0.05) is 6.20 Å². The number of carbonyl (C=O) groups is 1. The van der Waals surface area contributed by atoms with Gasteiger partial charge in [-0.05, 0) is 12.1 Å². The number of halogens is 3. The molecule has 1 rings (SSSR count). The quantitative estimate of drug-likeness (QED) is 0.706. The summed E-state index contributed by atoms with van der Waals surface area (Å²) < 4.78 is 40.7. The van der Waals surface area contributed by atoms with Gasteiger partial charge in [-0.1, -0.05) is 0 Å². The van der Waals surface area contributed by atoms with Crippen LogP contribution in [0.5, 0.6) is 0 Å². The van der Waals surface area contributed by atoms with Crippen molar-refractivity contribution in [1.82, 2.24) is 4.98 Å². The molecule has 0 unspecified atom stereocenters. The number of pyridine rings is 1. The van der Waals surface area contributed by atoms with Crippen molar-refractivity contribution < 1.29 is 22.7 Å². The Morgan fingerprint density at radius 2 is 2.21 bits per heavy atom.